The largest absolute Gasteiger partial charge is 0.342 e. The molecule has 0 radical (unpaired) electrons. The number of aromatic nitrogens is 2. The number of carbonyl (C=O) groups is 1. The fourth-order valence-electron chi connectivity index (χ4n) is 4.58. The second kappa shape index (κ2) is 9.47. The zero-order valence-corrected chi connectivity index (χ0v) is 20.2. The highest BCUT2D eigenvalue weighted by Crippen LogP contribution is 2.22. The van der Waals surface area contributed by atoms with Crippen molar-refractivity contribution < 1.29 is 4.79 Å². The van der Waals surface area contributed by atoms with Crippen LogP contribution in [0.25, 0.3) is 16.6 Å². The van der Waals surface area contributed by atoms with Gasteiger partial charge in [-0.25, -0.2) is 5.43 Å². The number of hydrazone groups is 1. The molecule has 0 spiro atoms. The van der Waals surface area contributed by atoms with Gasteiger partial charge in [-0.15, -0.1) is 0 Å². The van der Waals surface area contributed by atoms with Gasteiger partial charge >= 0.3 is 0 Å². The Kier molecular flexibility index (Phi) is 6.06. The molecular weight excluding hydrogens is 432 g/mol. The van der Waals surface area contributed by atoms with E-state index in [1.807, 2.05) is 36.4 Å². The van der Waals surface area contributed by atoms with Crippen LogP contribution in [0.2, 0.25) is 0 Å². The van der Waals surface area contributed by atoms with Crippen molar-refractivity contribution in [2.75, 3.05) is 0 Å². The van der Waals surface area contributed by atoms with Crippen LogP contribution >= 0.6 is 0 Å². The van der Waals surface area contributed by atoms with Crippen LogP contribution in [0.15, 0.2) is 96.2 Å². The number of fused-ring (bicyclic) bond motifs is 1. The van der Waals surface area contributed by atoms with Crippen molar-refractivity contribution in [2.45, 2.75) is 27.3 Å². The number of rotatable bonds is 6. The molecule has 5 heteroatoms. The maximum absolute atomic E-state index is 12.7. The van der Waals surface area contributed by atoms with E-state index in [1.54, 1.807) is 6.21 Å². The summed E-state index contributed by atoms with van der Waals surface area (Å²) in [6, 6.07) is 28.5. The molecule has 0 saturated heterocycles. The fraction of sp³-hybridized carbons (Fsp3) is 0.133. The Morgan fingerprint density at radius 2 is 1.63 bits per heavy atom. The van der Waals surface area contributed by atoms with Gasteiger partial charge in [-0.3, -0.25) is 4.79 Å². The standard InChI is InChI=1S/C30H28N4O/c1-21-7-6-8-24(17-21)19-33-20-26(28-9-4-5-10-29(28)33)18-31-32-30(35)25-13-15-27(16-14-25)34-22(2)11-12-23(34)3/h4-18,20H,19H2,1-3H3,(H,32,35)/b31-18-. The summed E-state index contributed by atoms with van der Waals surface area (Å²) in [6.45, 7) is 7.02. The molecule has 0 bridgehead atoms. The smallest absolute Gasteiger partial charge is 0.271 e. The maximum atomic E-state index is 12.7. The molecule has 0 fully saturated rings. The normalized spacial score (nSPS) is 11.4. The Bertz CT molecular complexity index is 1520. The lowest BCUT2D eigenvalue weighted by Gasteiger charge is -2.10. The Hall–Kier alpha value is -4.38. The predicted molar refractivity (Wildman–Crippen MR) is 143 cm³/mol. The van der Waals surface area contributed by atoms with Crippen molar-refractivity contribution in [1.29, 1.82) is 0 Å². The van der Waals surface area contributed by atoms with E-state index in [-0.39, 0.29) is 5.91 Å². The second-order valence-electron chi connectivity index (χ2n) is 8.92. The van der Waals surface area contributed by atoms with Gasteiger partial charge in [0.15, 0.2) is 0 Å². The van der Waals surface area contributed by atoms with E-state index in [9.17, 15) is 4.79 Å². The zero-order chi connectivity index (χ0) is 24.4. The van der Waals surface area contributed by atoms with E-state index in [0.717, 1.165) is 40.1 Å². The molecule has 5 nitrogen and oxygen atoms in total. The van der Waals surface area contributed by atoms with Crippen molar-refractivity contribution in [3.8, 4) is 5.69 Å². The molecule has 2 heterocycles. The number of hydrogen-bond acceptors (Lipinski definition) is 2. The number of carbonyl (C=O) groups excluding carboxylic acids is 1. The first-order valence-corrected chi connectivity index (χ1v) is 11.7. The Labute approximate surface area is 205 Å². The van der Waals surface area contributed by atoms with Gasteiger partial charge in [0.1, 0.15) is 0 Å². The van der Waals surface area contributed by atoms with Crippen molar-refractivity contribution >= 4 is 23.0 Å². The summed E-state index contributed by atoms with van der Waals surface area (Å²) >= 11 is 0. The third-order valence-electron chi connectivity index (χ3n) is 6.28. The topological polar surface area (TPSA) is 51.3 Å². The van der Waals surface area contributed by atoms with E-state index >= 15 is 0 Å². The first kappa shape index (κ1) is 22.4. The number of aryl methyl sites for hydroxylation is 3. The molecule has 0 atom stereocenters. The quantitative estimate of drug-likeness (QED) is 0.239. The van der Waals surface area contributed by atoms with Gasteiger partial charge in [0.2, 0.25) is 0 Å². The van der Waals surface area contributed by atoms with Crippen molar-refractivity contribution in [3.63, 3.8) is 0 Å². The lowest BCUT2D eigenvalue weighted by molar-refractivity contribution is 0.0955. The summed E-state index contributed by atoms with van der Waals surface area (Å²) in [5.74, 6) is -0.239. The molecule has 0 aliphatic heterocycles. The molecule has 0 aliphatic carbocycles. The van der Waals surface area contributed by atoms with E-state index < -0.39 is 0 Å². The number of amides is 1. The molecule has 5 aromatic rings. The van der Waals surface area contributed by atoms with Gasteiger partial charge in [0.25, 0.3) is 5.91 Å². The first-order chi connectivity index (χ1) is 17.0. The third-order valence-corrected chi connectivity index (χ3v) is 6.28. The van der Waals surface area contributed by atoms with Crippen LogP contribution < -0.4 is 5.43 Å². The predicted octanol–water partition coefficient (Wildman–Crippen LogP) is 6.17. The Balaban J connectivity index is 1.32. The summed E-state index contributed by atoms with van der Waals surface area (Å²) in [6.07, 6.45) is 3.80. The fourth-order valence-corrected chi connectivity index (χ4v) is 4.58. The highest BCUT2D eigenvalue weighted by molar-refractivity contribution is 6.00. The minimum Gasteiger partial charge on any atom is -0.342 e. The minimum atomic E-state index is -0.239. The van der Waals surface area contributed by atoms with Crippen LogP contribution in [-0.4, -0.2) is 21.3 Å². The van der Waals surface area contributed by atoms with Crippen LogP contribution in [0, 0.1) is 20.8 Å². The molecule has 1 amide bonds. The lowest BCUT2D eigenvalue weighted by Crippen LogP contribution is -2.17. The SMILES string of the molecule is Cc1cccc(Cn2cc(/C=N\NC(=O)c3ccc(-n4c(C)ccc4C)cc3)c3ccccc32)c1. The van der Waals surface area contributed by atoms with Crippen LogP contribution in [0.5, 0.6) is 0 Å². The Morgan fingerprint density at radius 3 is 2.37 bits per heavy atom. The first-order valence-electron chi connectivity index (χ1n) is 11.7. The number of benzene rings is 3. The van der Waals surface area contributed by atoms with Crippen molar-refractivity contribution in [3.05, 3.63) is 125 Å². The van der Waals surface area contributed by atoms with Crippen LogP contribution in [0.4, 0.5) is 0 Å². The summed E-state index contributed by atoms with van der Waals surface area (Å²) in [5, 5.41) is 5.36. The molecule has 5 rings (SSSR count). The number of para-hydroxylation sites is 1. The average molecular weight is 461 g/mol. The van der Waals surface area contributed by atoms with Gasteiger partial charge in [0.05, 0.1) is 6.21 Å². The molecule has 0 aliphatic rings. The van der Waals surface area contributed by atoms with Gasteiger partial charge in [0, 0.05) is 51.8 Å². The summed E-state index contributed by atoms with van der Waals surface area (Å²) in [4.78, 5) is 12.7. The van der Waals surface area contributed by atoms with Gasteiger partial charge in [-0.1, -0.05) is 48.0 Å². The molecule has 1 N–H and O–H groups in total. The molecule has 0 unspecified atom stereocenters. The third kappa shape index (κ3) is 4.66. The maximum Gasteiger partial charge on any atom is 0.271 e. The van der Waals surface area contributed by atoms with Gasteiger partial charge in [-0.2, -0.15) is 5.10 Å². The summed E-state index contributed by atoms with van der Waals surface area (Å²) in [7, 11) is 0. The van der Waals surface area contributed by atoms with E-state index in [0.29, 0.717) is 5.56 Å². The number of hydrogen-bond donors (Lipinski definition) is 1. The van der Waals surface area contributed by atoms with Gasteiger partial charge < -0.3 is 9.13 Å². The zero-order valence-electron chi connectivity index (χ0n) is 20.2. The number of nitrogens with zero attached hydrogens (tertiary/aromatic N) is 3. The van der Waals surface area contributed by atoms with Crippen LogP contribution in [-0.2, 0) is 6.54 Å². The monoisotopic (exact) mass is 460 g/mol. The molecule has 174 valence electrons. The molecule has 3 aromatic carbocycles. The van der Waals surface area contributed by atoms with Crippen molar-refractivity contribution in [2.24, 2.45) is 5.10 Å². The van der Waals surface area contributed by atoms with Crippen molar-refractivity contribution in [1.82, 2.24) is 14.6 Å². The van der Waals surface area contributed by atoms with E-state index in [1.165, 1.54) is 11.1 Å². The number of nitrogens with one attached hydrogen (secondary N) is 1. The second-order valence-corrected chi connectivity index (χ2v) is 8.92. The van der Waals surface area contributed by atoms with E-state index in [2.05, 4.69) is 95.2 Å². The van der Waals surface area contributed by atoms with E-state index in [4.69, 9.17) is 0 Å². The summed E-state index contributed by atoms with van der Waals surface area (Å²) < 4.78 is 4.38. The molecular formula is C30H28N4O. The molecule has 2 aromatic heterocycles. The average Bonchev–Trinajstić information content (AvgIpc) is 3.38. The van der Waals surface area contributed by atoms with Crippen LogP contribution in [0.1, 0.15) is 38.4 Å². The minimum absolute atomic E-state index is 0.239. The Morgan fingerprint density at radius 1 is 0.886 bits per heavy atom. The van der Waals surface area contributed by atoms with Gasteiger partial charge in [-0.05, 0) is 68.8 Å². The highest BCUT2D eigenvalue weighted by Gasteiger charge is 2.09. The lowest BCUT2D eigenvalue weighted by atomic mass is 10.1. The van der Waals surface area contributed by atoms with Crippen LogP contribution in [0.3, 0.4) is 0 Å². The highest BCUT2D eigenvalue weighted by atomic mass is 16.2. The molecule has 0 saturated carbocycles. The molecule has 35 heavy (non-hydrogen) atoms. The summed E-state index contributed by atoms with van der Waals surface area (Å²) in [5.41, 5.74) is 11.2.